The largest absolute Gasteiger partial charge is 0.339 e. The van der Waals surface area contributed by atoms with Gasteiger partial charge >= 0.3 is 0 Å². The van der Waals surface area contributed by atoms with Gasteiger partial charge in [0.25, 0.3) is 5.91 Å². The zero-order valence-electron chi connectivity index (χ0n) is 17.7. The van der Waals surface area contributed by atoms with Crippen LogP contribution < -0.4 is 4.72 Å². The lowest BCUT2D eigenvalue weighted by molar-refractivity contribution is 0.0695. The number of hydrogen-bond acceptors (Lipinski definition) is 6. The molecule has 3 aromatic rings. The third-order valence-corrected chi connectivity index (χ3v) is 5.95. The van der Waals surface area contributed by atoms with E-state index in [1.165, 1.54) is 12.1 Å². The van der Waals surface area contributed by atoms with Crippen molar-refractivity contribution in [3.63, 3.8) is 0 Å². The summed E-state index contributed by atoms with van der Waals surface area (Å²) in [5, 5.41) is 3.96. The van der Waals surface area contributed by atoms with Gasteiger partial charge < -0.3 is 9.42 Å². The number of sulfonamides is 1. The minimum absolute atomic E-state index is 0.137. The molecule has 1 aliphatic heterocycles. The Labute approximate surface area is 185 Å². The van der Waals surface area contributed by atoms with Gasteiger partial charge in [0.05, 0.1) is 17.9 Å². The first kappa shape index (κ1) is 21.9. The monoisotopic (exact) mass is 458 g/mol. The van der Waals surface area contributed by atoms with Gasteiger partial charge in [-0.25, -0.2) is 12.8 Å². The van der Waals surface area contributed by atoms with Crippen molar-refractivity contribution in [2.75, 3.05) is 24.1 Å². The van der Waals surface area contributed by atoms with Gasteiger partial charge in [0.1, 0.15) is 5.82 Å². The van der Waals surface area contributed by atoms with E-state index in [9.17, 15) is 17.6 Å². The van der Waals surface area contributed by atoms with E-state index in [0.29, 0.717) is 41.6 Å². The number of rotatable bonds is 5. The highest BCUT2D eigenvalue weighted by Gasteiger charge is 2.29. The summed E-state index contributed by atoms with van der Waals surface area (Å²) in [6.45, 7) is 2.74. The molecule has 1 saturated heterocycles. The van der Waals surface area contributed by atoms with Gasteiger partial charge in [0.2, 0.25) is 21.7 Å². The van der Waals surface area contributed by atoms with Crippen molar-refractivity contribution in [1.82, 2.24) is 15.0 Å². The lowest BCUT2D eigenvalue weighted by Gasteiger charge is -2.31. The van der Waals surface area contributed by atoms with Crippen molar-refractivity contribution in [1.29, 1.82) is 0 Å². The normalized spacial score (nSPS) is 16.7. The molecule has 10 heteroatoms. The van der Waals surface area contributed by atoms with Gasteiger partial charge in [0.15, 0.2) is 0 Å². The second-order valence-electron chi connectivity index (χ2n) is 7.96. The van der Waals surface area contributed by atoms with Gasteiger partial charge in [-0.15, -0.1) is 0 Å². The van der Waals surface area contributed by atoms with E-state index < -0.39 is 10.0 Å². The second-order valence-corrected chi connectivity index (χ2v) is 9.71. The smallest absolute Gasteiger partial charge is 0.253 e. The number of hydrogen-bond donors (Lipinski definition) is 1. The van der Waals surface area contributed by atoms with Crippen molar-refractivity contribution < 1.29 is 22.1 Å². The Morgan fingerprint density at radius 3 is 2.81 bits per heavy atom. The minimum Gasteiger partial charge on any atom is -0.339 e. The Kier molecular flexibility index (Phi) is 5.96. The van der Waals surface area contributed by atoms with Crippen molar-refractivity contribution in [3.05, 3.63) is 65.3 Å². The standard InChI is InChI=1S/C22H23FN4O4S/c1-14-8-9-16(12-19(14)26-32(2,29)30)22(28)27-10-4-6-17(13-27)21-24-20(25-31-21)15-5-3-7-18(23)11-15/h3,5,7-9,11-12,17,26H,4,6,10,13H2,1-2H3. The molecular formula is C22H23FN4O4S. The molecule has 0 aliphatic carbocycles. The van der Waals surface area contributed by atoms with Crippen LogP contribution in [0.2, 0.25) is 0 Å². The summed E-state index contributed by atoms with van der Waals surface area (Å²) in [5.41, 5.74) is 2.02. The zero-order chi connectivity index (χ0) is 22.9. The van der Waals surface area contributed by atoms with Gasteiger partial charge in [-0.1, -0.05) is 23.4 Å². The van der Waals surface area contributed by atoms with Crippen LogP contribution in [0.4, 0.5) is 10.1 Å². The highest BCUT2D eigenvalue weighted by molar-refractivity contribution is 7.92. The summed E-state index contributed by atoms with van der Waals surface area (Å²) < 4.78 is 44.6. The number of carbonyl (C=O) groups is 1. The molecule has 4 rings (SSSR count). The molecule has 2 aromatic carbocycles. The fourth-order valence-electron chi connectivity index (χ4n) is 3.76. The fourth-order valence-corrected chi connectivity index (χ4v) is 4.38. The molecular weight excluding hydrogens is 435 g/mol. The number of piperidine rings is 1. The van der Waals surface area contributed by atoms with Crippen LogP contribution in [0, 0.1) is 12.7 Å². The quantitative estimate of drug-likeness (QED) is 0.627. The molecule has 168 valence electrons. The summed E-state index contributed by atoms with van der Waals surface area (Å²) >= 11 is 0. The third kappa shape index (κ3) is 4.96. The van der Waals surface area contributed by atoms with E-state index in [1.54, 1.807) is 42.2 Å². The summed E-state index contributed by atoms with van der Waals surface area (Å²) in [6, 6.07) is 10.9. The van der Waals surface area contributed by atoms with Crippen molar-refractivity contribution in [2.24, 2.45) is 0 Å². The lowest BCUT2D eigenvalue weighted by Crippen LogP contribution is -2.39. The maximum Gasteiger partial charge on any atom is 0.253 e. The zero-order valence-corrected chi connectivity index (χ0v) is 18.5. The predicted molar refractivity (Wildman–Crippen MR) is 117 cm³/mol. The molecule has 32 heavy (non-hydrogen) atoms. The number of nitrogens with zero attached hydrogens (tertiary/aromatic N) is 3. The Balaban J connectivity index is 1.51. The molecule has 1 amide bonds. The topological polar surface area (TPSA) is 105 Å². The van der Waals surface area contributed by atoms with Crippen molar-refractivity contribution >= 4 is 21.6 Å². The minimum atomic E-state index is -3.46. The first-order valence-electron chi connectivity index (χ1n) is 10.2. The molecule has 1 fully saturated rings. The van der Waals surface area contributed by atoms with Crippen LogP contribution in [0.1, 0.15) is 40.6 Å². The summed E-state index contributed by atoms with van der Waals surface area (Å²) in [7, 11) is -3.46. The van der Waals surface area contributed by atoms with Crippen molar-refractivity contribution in [3.8, 4) is 11.4 Å². The van der Waals surface area contributed by atoms with Crippen LogP contribution in [0.15, 0.2) is 47.0 Å². The molecule has 1 unspecified atom stereocenters. The molecule has 0 bridgehead atoms. The summed E-state index contributed by atoms with van der Waals surface area (Å²) in [4.78, 5) is 19.2. The number of halogens is 1. The first-order chi connectivity index (χ1) is 15.2. The second kappa shape index (κ2) is 8.70. The Morgan fingerprint density at radius 2 is 2.06 bits per heavy atom. The summed E-state index contributed by atoms with van der Waals surface area (Å²) in [6.07, 6.45) is 2.61. The molecule has 0 radical (unpaired) electrons. The summed E-state index contributed by atoms with van der Waals surface area (Å²) in [5.74, 6) is -0.00751. The Morgan fingerprint density at radius 1 is 1.25 bits per heavy atom. The first-order valence-corrected chi connectivity index (χ1v) is 12.1. The van der Waals surface area contributed by atoms with E-state index >= 15 is 0 Å². The third-order valence-electron chi connectivity index (χ3n) is 5.36. The molecule has 0 spiro atoms. The molecule has 1 N–H and O–H groups in total. The number of carbonyl (C=O) groups excluding carboxylic acids is 1. The molecule has 1 atom stereocenters. The van der Waals surface area contributed by atoms with Gasteiger partial charge in [-0.05, 0) is 49.6 Å². The maximum absolute atomic E-state index is 13.5. The average molecular weight is 459 g/mol. The lowest BCUT2D eigenvalue weighted by atomic mass is 9.97. The number of anilines is 1. The maximum atomic E-state index is 13.5. The highest BCUT2D eigenvalue weighted by Crippen LogP contribution is 2.29. The molecule has 8 nitrogen and oxygen atoms in total. The average Bonchev–Trinajstić information content (AvgIpc) is 3.24. The molecule has 1 aliphatic rings. The van der Waals surface area contributed by atoms with Crippen molar-refractivity contribution in [2.45, 2.75) is 25.7 Å². The number of aromatic nitrogens is 2. The van der Waals surface area contributed by atoms with E-state index in [-0.39, 0.29) is 17.6 Å². The molecule has 0 saturated carbocycles. The van der Waals surface area contributed by atoms with E-state index in [0.717, 1.165) is 24.7 Å². The number of likely N-dealkylation sites (tertiary alicyclic amines) is 1. The van der Waals surface area contributed by atoms with Gasteiger partial charge in [-0.3, -0.25) is 9.52 Å². The SMILES string of the molecule is Cc1ccc(C(=O)N2CCCC(c3nc(-c4cccc(F)c4)no3)C2)cc1NS(C)(=O)=O. The predicted octanol–water partition coefficient (Wildman–Crippen LogP) is 3.58. The number of aryl methyl sites for hydroxylation is 1. The number of nitrogens with one attached hydrogen (secondary N) is 1. The van der Waals surface area contributed by atoms with E-state index in [2.05, 4.69) is 14.9 Å². The number of amides is 1. The van der Waals surface area contributed by atoms with E-state index in [4.69, 9.17) is 4.52 Å². The van der Waals surface area contributed by atoms with Crippen LogP contribution >= 0.6 is 0 Å². The van der Waals surface area contributed by atoms with Crippen LogP contribution in [0.3, 0.4) is 0 Å². The number of benzene rings is 2. The van der Waals surface area contributed by atoms with Crippen LogP contribution in [-0.4, -0.2) is 48.7 Å². The van der Waals surface area contributed by atoms with Gasteiger partial charge in [0, 0.05) is 24.2 Å². The Bertz CT molecular complexity index is 1260. The van der Waals surface area contributed by atoms with Crippen LogP contribution in [0.25, 0.3) is 11.4 Å². The highest BCUT2D eigenvalue weighted by atomic mass is 32.2. The Hall–Kier alpha value is -3.27. The van der Waals surface area contributed by atoms with Gasteiger partial charge in [-0.2, -0.15) is 4.98 Å². The van der Waals surface area contributed by atoms with E-state index in [1.807, 2.05) is 0 Å². The van der Waals surface area contributed by atoms with Crippen LogP contribution in [-0.2, 0) is 10.0 Å². The molecule has 2 heterocycles. The molecule has 1 aromatic heterocycles. The van der Waals surface area contributed by atoms with Crippen LogP contribution in [0.5, 0.6) is 0 Å². The fraction of sp³-hybridized carbons (Fsp3) is 0.318.